The molecule has 1 spiro atoms. The molecule has 2 heterocycles. The molecule has 4 rings (SSSR count). The number of carbonyl (C=O) groups is 2. The van der Waals surface area contributed by atoms with Crippen LogP contribution in [-0.4, -0.2) is 54.9 Å². The van der Waals surface area contributed by atoms with Gasteiger partial charge in [-0.15, -0.1) is 11.3 Å². The molecule has 1 atom stereocenters. The number of thiophene rings is 1. The Balaban J connectivity index is 1.19. The van der Waals surface area contributed by atoms with E-state index in [1.54, 1.807) is 11.3 Å². The summed E-state index contributed by atoms with van der Waals surface area (Å²) in [6.45, 7) is 7.67. The zero-order chi connectivity index (χ0) is 22.7. The Kier molecular flexibility index (Phi) is 6.86. The molecule has 1 unspecified atom stereocenters. The van der Waals surface area contributed by atoms with Crippen molar-refractivity contribution in [1.82, 2.24) is 9.80 Å². The van der Waals surface area contributed by atoms with Gasteiger partial charge in [0.05, 0.1) is 11.5 Å². The van der Waals surface area contributed by atoms with Crippen molar-refractivity contribution in [2.45, 2.75) is 39.7 Å². The second-order valence-electron chi connectivity index (χ2n) is 9.26. The number of rotatable bonds is 8. The van der Waals surface area contributed by atoms with Crippen molar-refractivity contribution >= 4 is 28.2 Å². The van der Waals surface area contributed by atoms with Gasteiger partial charge in [-0.25, -0.2) is 0 Å². The summed E-state index contributed by atoms with van der Waals surface area (Å²) in [5, 5.41) is 3.76. The van der Waals surface area contributed by atoms with Gasteiger partial charge in [0.15, 0.2) is 0 Å². The van der Waals surface area contributed by atoms with Crippen molar-refractivity contribution < 1.29 is 14.3 Å². The van der Waals surface area contributed by atoms with Crippen molar-refractivity contribution in [3.05, 3.63) is 46.8 Å². The summed E-state index contributed by atoms with van der Waals surface area (Å²) < 4.78 is 5.79. The van der Waals surface area contributed by atoms with E-state index in [2.05, 4.69) is 23.2 Å². The van der Waals surface area contributed by atoms with Crippen LogP contribution in [0.4, 0.5) is 5.00 Å². The lowest BCUT2D eigenvalue weighted by atomic mass is 9.90. The Labute approximate surface area is 194 Å². The average Bonchev–Trinajstić information content (AvgIpc) is 3.29. The topological polar surface area (TPSA) is 61.9 Å². The van der Waals surface area contributed by atoms with Crippen LogP contribution in [0, 0.1) is 18.3 Å². The van der Waals surface area contributed by atoms with Gasteiger partial charge in [-0.2, -0.15) is 0 Å². The molecule has 7 heteroatoms. The summed E-state index contributed by atoms with van der Waals surface area (Å²) in [5.41, 5.74) is 1.41. The van der Waals surface area contributed by atoms with E-state index in [0.717, 1.165) is 49.6 Å². The van der Waals surface area contributed by atoms with Crippen LogP contribution in [0.5, 0.6) is 5.75 Å². The summed E-state index contributed by atoms with van der Waals surface area (Å²) in [6, 6.07) is 12.1. The van der Waals surface area contributed by atoms with Crippen LogP contribution in [0.1, 0.15) is 36.6 Å². The van der Waals surface area contributed by atoms with Gasteiger partial charge in [0.25, 0.3) is 0 Å². The molecule has 1 N–H and O–H groups in total. The van der Waals surface area contributed by atoms with E-state index in [-0.39, 0.29) is 23.1 Å². The van der Waals surface area contributed by atoms with Gasteiger partial charge in [-0.1, -0.05) is 17.7 Å². The van der Waals surface area contributed by atoms with Crippen LogP contribution >= 0.6 is 11.3 Å². The molecule has 0 radical (unpaired) electrons. The van der Waals surface area contributed by atoms with Gasteiger partial charge in [0.2, 0.25) is 11.8 Å². The third kappa shape index (κ3) is 5.51. The highest BCUT2D eigenvalue weighted by molar-refractivity contribution is 7.16. The standard InChI is InChI=1S/C25H33N3O3S/c1-18-4-6-20(7-5-18)31-15-14-27(3)24(30)22-16-25(22)10-12-28(13-11-25)17-21-8-9-23(32-21)26-19(2)29/h4-9,22H,10-17H2,1-3H3,(H,26,29). The predicted molar refractivity (Wildman–Crippen MR) is 128 cm³/mol. The largest absolute Gasteiger partial charge is 0.492 e. The molecule has 1 saturated heterocycles. The molecule has 1 aromatic heterocycles. The van der Waals surface area contributed by atoms with Gasteiger partial charge in [-0.3, -0.25) is 14.5 Å². The minimum Gasteiger partial charge on any atom is -0.492 e. The predicted octanol–water partition coefficient (Wildman–Crippen LogP) is 4.15. The maximum atomic E-state index is 13.0. The summed E-state index contributed by atoms with van der Waals surface area (Å²) in [6.07, 6.45) is 3.19. The normalized spacial score (nSPS) is 19.5. The lowest BCUT2D eigenvalue weighted by Gasteiger charge is -2.33. The molecule has 1 saturated carbocycles. The molecule has 2 amide bonds. The molecule has 6 nitrogen and oxygen atoms in total. The van der Waals surface area contributed by atoms with Crippen LogP contribution in [0.15, 0.2) is 36.4 Å². The molecule has 2 aromatic rings. The summed E-state index contributed by atoms with van der Waals surface area (Å²) in [7, 11) is 1.89. The van der Waals surface area contributed by atoms with Gasteiger partial charge in [0, 0.05) is 31.3 Å². The van der Waals surface area contributed by atoms with Gasteiger partial charge in [-0.05, 0) is 69.0 Å². The highest BCUT2D eigenvalue weighted by atomic mass is 32.1. The van der Waals surface area contributed by atoms with Gasteiger partial charge in [0.1, 0.15) is 12.4 Å². The van der Waals surface area contributed by atoms with Crippen LogP contribution in [-0.2, 0) is 16.1 Å². The molecule has 1 aliphatic heterocycles. The number of nitrogens with zero attached hydrogens (tertiary/aromatic N) is 2. The second kappa shape index (κ2) is 9.63. The molecule has 32 heavy (non-hydrogen) atoms. The van der Waals surface area contributed by atoms with E-state index in [4.69, 9.17) is 4.74 Å². The minimum atomic E-state index is -0.0329. The van der Waals surface area contributed by atoms with Crippen LogP contribution in [0.3, 0.4) is 0 Å². The molecular formula is C25H33N3O3S. The van der Waals surface area contributed by atoms with E-state index in [1.807, 2.05) is 42.3 Å². The number of ether oxygens (including phenoxy) is 1. The highest BCUT2D eigenvalue weighted by Crippen LogP contribution is 2.60. The molecule has 172 valence electrons. The fraction of sp³-hybridized carbons (Fsp3) is 0.520. The Hall–Kier alpha value is -2.38. The minimum absolute atomic E-state index is 0.0329. The first kappa shape index (κ1) is 22.8. The van der Waals surface area contributed by atoms with Crippen LogP contribution in [0.2, 0.25) is 0 Å². The fourth-order valence-corrected chi connectivity index (χ4v) is 5.64. The molecule has 1 aliphatic carbocycles. The number of piperidine rings is 1. The third-order valence-electron chi connectivity index (χ3n) is 6.77. The number of likely N-dealkylation sites (N-methyl/N-ethyl adjacent to an activating group) is 1. The number of hydrogen-bond acceptors (Lipinski definition) is 5. The van der Waals surface area contributed by atoms with Crippen molar-refractivity contribution in [3.63, 3.8) is 0 Å². The number of likely N-dealkylation sites (tertiary alicyclic amines) is 1. The van der Waals surface area contributed by atoms with Gasteiger partial charge >= 0.3 is 0 Å². The zero-order valence-electron chi connectivity index (χ0n) is 19.2. The first-order valence-electron chi connectivity index (χ1n) is 11.4. The summed E-state index contributed by atoms with van der Waals surface area (Å²) in [4.78, 5) is 29.7. The SMILES string of the molecule is CC(=O)Nc1ccc(CN2CCC3(CC2)CC3C(=O)N(C)CCOc2ccc(C)cc2)s1. The Morgan fingerprint density at radius 2 is 1.91 bits per heavy atom. The summed E-state index contributed by atoms with van der Waals surface area (Å²) >= 11 is 1.64. The quantitative estimate of drug-likeness (QED) is 0.649. The maximum absolute atomic E-state index is 13.0. The summed E-state index contributed by atoms with van der Waals surface area (Å²) in [5.74, 6) is 1.25. The van der Waals surface area contributed by atoms with Crippen molar-refractivity contribution in [3.8, 4) is 5.75 Å². The monoisotopic (exact) mass is 455 g/mol. The molecular weight excluding hydrogens is 422 g/mol. The molecule has 2 fully saturated rings. The van der Waals surface area contributed by atoms with E-state index >= 15 is 0 Å². The van der Waals surface area contributed by atoms with Crippen LogP contribution in [0.25, 0.3) is 0 Å². The molecule has 2 aliphatic rings. The number of carbonyl (C=O) groups excluding carboxylic acids is 2. The number of amides is 2. The van der Waals surface area contributed by atoms with Crippen LogP contribution < -0.4 is 10.1 Å². The second-order valence-corrected chi connectivity index (χ2v) is 10.4. The highest BCUT2D eigenvalue weighted by Gasteiger charge is 2.58. The lowest BCUT2D eigenvalue weighted by molar-refractivity contribution is -0.132. The average molecular weight is 456 g/mol. The third-order valence-corrected chi connectivity index (χ3v) is 7.76. The van der Waals surface area contributed by atoms with E-state index in [1.165, 1.54) is 17.4 Å². The molecule has 1 aromatic carbocycles. The fourth-order valence-electron chi connectivity index (χ4n) is 4.64. The number of benzene rings is 1. The zero-order valence-corrected chi connectivity index (χ0v) is 20.0. The number of anilines is 1. The number of nitrogens with one attached hydrogen (secondary N) is 1. The Morgan fingerprint density at radius 1 is 1.19 bits per heavy atom. The van der Waals surface area contributed by atoms with E-state index < -0.39 is 0 Å². The van der Waals surface area contributed by atoms with E-state index in [0.29, 0.717) is 13.2 Å². The number of hydrogen-bond donors (Lipinski definition) is 1. The number of aryl methyl sites for hydroxylation is 1. The first-order chi connectivity index (χ1) is 15.3. The first-order valence-corrected chi connectivity index (χ1v) is 12.2. The maximum Gasteiger partial charge on any atom is 0.226 e. The van der Waals surface area contributed by atoms with Crippen molar-refractivity contribution in [2.24, 2.45) is 11.3 Å². The van der Waals surface area contributed by atoms with E-state index in [9.17, 15) is 9.59 Å². The van der Waals surface area contributed by atoms with Crippen molar-refractivity contribution in [1.29, 1.82) is 0 Å². The van der Waals surface area contributed by atoms with Gasteiger partial charge < -0.3 is 15.0 Å². The Morgan fingerprint density at radius 3 is 2.59 bits per heavy atom. The smallest absolute Gasteiger partial charge is 0.226 e. The lowest BCUT2D eigenvalue weighted by Crippen LogP contribution is -2.38. The van der Waals surface area contributed by atoms with Crippen molar-refractivity contribution in [2.75, 3.05) is 38.6 Å². The Bertz CT molecular complexity index is 948. The molecule has 0 bridgehead atoms.